The van der Waals surface area contributed by atoms with Gasteiger partial charge in [0.15, 0.2) is 5.78 Å². The molecule has 2 aliphatic rings. The van der Waals surface area contributed by atoms with Crippen LogP contribution in [0.1, 0.15) is 82.1 Å². The van der Waals surface area contributed by atoms with Gasteiger partial charge in [-0.05, 0) is 76.5 Å². The van der Waals surface area contributed by atoms with Crippen LogP contribution in [0.25, 0.3) is 0 Å². The number of rotatable bonds is 10. The Kier molecular flexibility index (Phi) is 13.5. The summed E-state index contributed by atoms with van der Waals surface area (Å²) in [6.07, 6.45) is 27.2. The molecule has 3 unspecified atom stereocenters. The van der Waals surface area contributed by atoms with Crippen LogP contribution < -0.4 is 0 Å². The van der Waals surface area contributed by atoms with E-state index in [9.17, 15) is 20.1 Å². The Hall–Kier alpha value is -3.31. The van der Waals surface area contributed by atoms with Crippen LogP contribution in [0.2, 0.25) is 0 Å². The zero-order valence-corrected chi connectivity index (χ0v) is 28.5. The maximum atomic E-state index is 12.2. The lowest BCUT2D eigenvalue weighted by Gasteiger charge is -2.40. The standard InChI is InChI=1S/C40H54O4/c1-27(17-13-19-29(3)21-23-33-31(5)25-35(41)38(44)40(33,9)10)15-11-12-16-28(2)18-14-20-30(4)22-24-34-32(6)37(43)36(42)26-39(34,7)8/h11-24,35-36,38,41-42,44H,25-26H2,1-10H3/b12-11+,17-13+,18-14?,23-21+,24-22?,27-15+,28-16?,29-19+,30-20?. The minimum atomic E-state index is -0.905. The lowest BCUT2D eigenvalue weighted by Crippen LogP contribution is -2.44. The predicted molar refractivity (Wildman–Crippen MR) is 186 cm³/mol. The monoisotopic (exact) mass is 598 g/mol. The second-order valence-corrected chi connectivity index (χ2v) is 13.6. The van der Waals surface area contributed by atoms with Crippen LogP contribution >= 0.6 is 0 Å². The fourth-order valence-electron chi connectivity index (χ4n) is 5.78. The second kappa shape index (κ2) is 16.1. The summed E-state index contributed by atoms with van der Waals surface area (Å²) in [6, 6.07) is 0. The van der Waals surface area contributed by atoms with Crippen molar-refractivity contribution in [2.24, 2.45) is 10.8 Å². The van der Waals surface area contributed by atoms with Gasteiger partial charge in [-0.1, -0.05) is 141 Å². The molecule has 3 atom stereocenters. The Morgan fingerprint density at radius 3 is 1.61 bits per heavy atom. The van der Waals surface area contributed by atoms with E-state index in [2.05, 4.69) is 77.2 Å². The molecule has 0 saturated heterocycles. The fraction of sp³-hybridized carbons (Fsp3) is 0.425. The maximum absolute atomic E-state index is 12.2. The first-order chi connectivity index (χ1) is 20.5. The molecule has 0 bridgehead atoms. The van der Waals surface area contributed by atoms with Gasteiger partial charge in [0.2, 0.25) is 0 Å². The third kappa shape index (κ3) is 10.4. The van der Waals surface area contributed by atoms with E-state index in [1.165, 1.54) is 0 Å². The SMILES string of the molecule is CC(C=CC1=C(C)C(=O)C(O)CC1(C)C)=CC=CC(C)=C/C=C/C=C(C)/C=C/C=C(C)/C=C/C1=C(C)CC(O)C(O)C1(C)C. The van der Waals surface area contributed by atoms with Crippen molar-refractivity contribution >= 4 is 5.78 Å². The molecule has 0 aromatic heterocycles. The van der Waals surface area contributed by atoms with Gasteiger partial charge in [-0.2, -0.15) is 0 Å². The highest BCUT2D eigenvalue weighted by Gasteiger charge is 2.40. The maximum Gasteiger partial charge on any atom is 0.187 e. The molecule has 238 valence electrons. The normalized spacial score (nSPS) is 26.2. The number of allylic oxidation sites excluding steroid dienone is 19. The van der Waals surface area contributed by atoms with E-state index in [0.29, 0.717) is 18.4 Å². The smallest absolute Gasteiger partial charge is 0.187 e. The number of hydrogen-bond acceptors (Lipinski definition) is 4. The summed E-state index contributed by atoms with van der Waals surface area (Å²) < 4.78 is 0. The van der Waals surface area contributed by atoms with Gasteiger partial charge in [0, 0.05) is 5.41 Å². The number of carbonyl (C=O) groups is 1. The largest absolute Gasteiger partial charge is 0.390 e. The fourth-order valence-corrected chi connectivity index (χ4v) is 5.78. The summed E-state index contributed by atoms with van der Waals surface area (Å²) in [5, 5.41) is 30.6. The molecule has 3 N–H and O–H groups in total. The quantitative estimate of drug-likeness (QED) is 0.220. The summed E-state index contributed by atoms with van der Waals surface area (Å²) >= 11 is 0. The molecule has 0 amide bonds. The molecule has 0 heterocycles. The van der Waals surface area contributed by atoms with Gasteiger partial charge in [-0.3, -0.25) is 4.79 Å². The Morgan fingerprint density at radius 2 is 1.11 bits per heavy atom. The lowest BCUT2D eigenvalue weighted by atomic mass is 9.69. The van der Waals surface area contributed by atoms with E-state index in [1.807, 2.05) is 70.2 Å². The van der Waals surface area contributed by atoms with Crippen molar-refractivity contribution in [2.75, 3.05) is 0 Å². The predicted octanol–water partition coefficient (Wildman–Crippen LogP) is 8.70. The van der Waals surface area contributed by atoms with Crippen molar-refractivity contribution in [2.45, 2.75) is 100 Å². The molecule has 0 fully saturated rings. The molecule has 0 aromatic rings. The summed E-state index contributed by atoms with van der Waals surface area (Å²) in [6.45, 7) is 20.1. The van der Waals surface area contributed by atoms with Gasteiger partial charge >= 0.3 is 0 Å². The van der Waals surface area contributed by atoms with Gasteiger partial charge < -0.3 is 15.3 Å². The molecule has 0 spiro atoms. The number of aliphatic hydroxyl groups is 3. The number of carbonyl (C=O) groups excluding carboxylic acids is 1. The number of aliphatic hydroxyl groups excluding tert-OH is 3. The molecule has 0 aliphatic heterocycles. The summed E-state index contributed by atoms with van der Waals surface area (Å²) in [7, 11) is 0. The van der Waals surface area contributed by atoms with E-state index >= 15 is 0 Å². The highest BCUT2D eigenvalue weighted by Crippen LogP contribution is 2.41. The van der Waals surface area contributed by atoms with Crippen LogP contribution in [0.4, 0.5) is 0 Å². The van der Waals surface area contributed by atoms with Gasteiger partial charge in [-0.25, -0.2) is 0 Å². The summed E-state index contributed by atoms with van der Waals surface area (Å²) in [5.41, 5.74) is 7.54. The Balaban J connectivity index is 1.94. The van der Waals surface area contributed by atoms with Gasteiger partial charge in [0.05, 0.1) is 12.2 Å². The van der Waals surface area contributed by atoms with Gasteiger partial charge in [0.1, 0.15) is 6.10 Å². The molecule has 4 heteroatoms. The van der Waals surface area contributed by atoms with Crippen LogP contribution in [0.3, 0.4) is 0 Å². The molecule has 2 rings (SSSR count). The zero-order valence-electron chi connectivity index (χ0n) is 28.5. The van der Waals surface area contributed by atoms with E-state index in [4.69, 9.17) is 0 Å². The van der Waals surface area contributed by atoms with Crippen molar-refractivity contribution in [3.63, 3.8) is 0 Å². The molecule has 4 nitrogen and oxygen atoms in total. The highest BCUT2D eigenvalue weighted by atomic mass is 16.3. The molecular weight excluding hydrogens is 544 g/mol. The average Bonchev–Trinajstić information content (AvgIpc) is 2.92. The van der Waals surface area contributed by atoms with Crippen LogP contribution in [0.5, 0.6) is 0 Å². The van der Waals surface area contributed by atoms with E-state index in [1.54, 1.807) is 6.92 Å². The van der Waals surface area contributed by atoms with E-state index < -0.39 is 23.7 Å². The van der Waals surface area contributed by atoms with Gasteiger partial charge in [0.25, 0.3) is 0 Å². The van der Waals surface area contributed by atoms with E-state index in [-0.39, 0.29) is 11.2 Å². The Labute approximate surface area is 266 Å². The summed E-state index contributed by atoms with van der Waals surface area (Å²) in [4.78, 5) is 12.2. The third-order valence-corrected chi connectivity index (χ3v) is 8.57. The van der Waals surface area contributed by atoms with Crippen LogP contribution in [0.15, 0.2) is 130 Å². The molecule has 2 aliphatic carbocycles. The lowest BCUT2D eigenvalue weighted by molar-refractivity contribution is -0.125. The molecule has 0 aromatic carbocycles. The summed E-state index contributed by atoms with van der Waals surface area (Å²) in [5.74, 6) is -0.173. The first-order valence-electron chi connectivity index (χ1n) is 15.5. The average molecular weight is 599 g/mol. The molecular formula is C40H54O4. The first kappa shape index (κ1) is 36.9. The van der Waals surface area contributed by atoms with Gasteiger partial charge in [-0.15, -0.1) is 0 Å². The van der Waals surface area contributed by atoms with Crippen molar-refractivity contribution in [1.82, 2.24) is 0 Å². The Morgan fingerprint density at radius 1 is 0.682 bits per heavy atom. The number of ketones is 1. The highest BCUT2D eigenvalue weighted by molar-refractivity contribution is 6.00. The number of Topliss-reactive ketones (excluding diaryl/α,β-unsaturated/α-hetero) is 1. The molecule has 44 heavy (non-hydrogen) atoms. The first-order valence-corrected chi connectivity index (χ1v) is 15.5. The van der Waals surface area contributed by atoms with Crippen LogP contribution in [0, 0.1) is 10.8 Å². The Bertz CT molecular complexity index is 1410. The third-order valence-electron chi connectivity index (χ3n) is 8.57. The molecule has 0 radical (unpaired) electrons. The van der Waals surface area contributed by atoms with Crippen molar-refractivity contribution in [3.05, 3.63) is 130 Å². The minimum absolute atomic E-state index is 0.173. The number of hydrogen-bond donors (Lipinski definition) is 3. The minimum Gasteiger partial charge on any atom is -0.390 e. The van der Waals surface area contributed by atoms with Crippen molar-refractivity contribution < 1.29 is 20.1 Å². The van der Waals surface area contributed by atoms with E-state index in [0.717, 1.165) is 39.0 Å². The van der Waals surface area contributed by atoms with Crippen molar-refractivity contribution in [3.8, 4) is 0 Å². The second-order valence-electron chi connectivity index (χ2n) is 13.6. The zero-order chi connectivity index (χ0) is 33.2. The van der Waals surface area contributed by atoms with Crippen LogP contribution in [-0.2, 0) is 4.79 Å². The molecule has 0 saturated carbocycles. The van der Waals surface area contributed by atoms with Crippen molar-refractivity contribution in [1.29, 1.82) is 0 Å². The topological polar surface area (TPSA) is 77.8 Å². The van der Waals surface area contributed by atoms with Crippen LogP contribution in [-0.4, -0.2) is 39.4 Å².